The fourth-order valence-corrected chi connectivity index (χ4v) is 4.60. The summed E-state index contributed by atoms with van der Waals surface area (Å²) in [7, 11) is 0. The van der Waals surface area contributed by atoms with Gasteiger partial charge in [0.25, 0.3) is 0 Å². The minimum absolute atomic E-state index is 0.105. The normalized spacial score (nSPS) is 17.4. The zero-order chi connectivity index (χ0) is 25.7. The Bertz CT molecular complexity index is 1250. The number of aliphatic hydroxyl groups excluding tert-OH is 1. The van der Waals surface area contributed by atoms with Gasteiger partial charge in [0.2, 0.25) is 12.3 Å². The van der Waals surface area contributed by atoms with Gasteiger partial charge in [-0.1, -0.05) is 76.8 Å². The van der Waals surface area contributed by atoms with Crippen molar-refractivity contribution in [3.8, 4) is 0 Å². The molecule has 1 saturated heterocycles. The summed E-state index contributed by atoms with van der Waals surface area (Å²) >= 11 is -1.60. The number of amides is 2. The number of hydrogen-bond donors (Lipinski definition) is 2. The maximum atomic E-state index is 14.2. The molecule has 1 unspecified atom stereocenters. The molecule has 1 aliphatic rings. The van der Waals surface area contributed by atoms with Crippen molar-refractivity contribution in [3.63, 3.8) is 0 Å². The summed E-state index contributed by atoms with van der Waals surface area (Å²) in [4.78, 5) is 20.3. The molecule has 6 nitrogen and oxygen atoms in total. The molecule has 3 aromatic carbocycles. The van der Waals surface area contributed by atoms with E-state index in [9.17, 15) is 18.7 Å². The molecule has 0 bridgehead atoms. The molecule has 0 radical (unpaired) electrons. The highest BCUT2D eigenvalue weighted by Crippen LogP contribution is 2.39. The lowest BCUT2D eigenvalue weighted by Crippen LogP contribution is -2.65. The van der Waals surface area contributed by atoms with Crippen molar-refractivity contribution in [2.24, 2.45) is 4.99 Å². The highest BCUT2D eigenvalue weighted by Gasteiger charge is 2.36. The maximum Gasteiger partial charge on any atom is 0.327 e. The average Bonchev–Trinajstić information content (AvgIpc) is 2.88. The van der Waals surface area contributed by atoms with Gasteiger partial charge < -0.3 is 5.11 Å². The number of rotatable bonds is 8. The third-order valence-corrected chi connectivity index (χ3v) is 7.42. The number of halogens is 3. The summed E-state index contributed by atoms with van der Waals surface area (Å²) in [5.41, 5.74) is 3.10. The molecule has 2 amide bonds. The van der Waals surface area contributed by atoms with Crippen LogP contribution >= 0.6 is 20.7 Å². The number of nitrogens with zero attached hydrogens (tertiary/aromatic N) is 3. The number of aliphatic imine (C=N–C) groups is 1. The Morgan fingerprint density at radius 1 is 1.03 bits per heavy atom. The van der Waals surface area contributed by atoms with Crippen LogP contribution in [0.3, 0.4) is 0 Å². The van der Waals surface area contributed by atoms with Crippen molar-refractivity contribution >= 4 is 42.9 Å². The molecule has 1 aliphatic heterocycles. The number of hydrogen-bond acceptors (Lipinski definition) is 3. The molecule has 4 rings (SSSR count). The first kappa shape index (κ1) is 25.9. The quantitative estimate of drug-likeness (QED) is 0.265. The summed E-state index contributed by atoms with van der Waals surface area (Å²) in [5.74, 6) is 0.105. The van der Waals surface area contributed by atoms with E-state index in [1.54, 1.807) is 11.0 Å². The summed E-state index contributed by atoms with van der Waals surface area (Å²) in [6, 6.07) is 22.6. The predicted molar refractivity (Wildman–Crippen MR) is 147 cm³/mol. The second-order valence-electron chi connectivity index (χ2n) is 8.44. The lowest BCUT2D eigenvalue weighted by molar-refractivity contribution is -0.0691. The molecule has 1 heterocycles. The minimum atomic E-state index is -2.98. The van der Waals surface area contributed by atoms with E-state index in [4.69, 9.17) is 0 Å². The van der Waals surface area contributed by atoms with Gasteiger partial charge in [-0.05, 0) is 57.3 Å². The monoisotopic (exact) mass is 604 g/mol. The Kier molecular flexibility index (Phi) is 8.10. The molecule has 0 saturated carbocycles. The molecular formula is C27H27F2IN4O2. The Morgan fingerprint density at radius 3 is 2.44 bits per heavy atom. The minimum Gasteiger partial charge on any atom is -0.356 e. The summed E-state index contributed by atoms with van der Waals surface area (Å²) in [6.45, 7) is 2.51. The van der Waals surface area contributed by atoms with Gasteiger partial charge in [-0.3, -0.25) is 15.1 Å². The van der Waals surface area contributed by atoms with Crippen molar-refractivity contribution in [2.75, 3.05) is 6.54 Å². The molecule has 0 spiro atoms. The van der Waals surface area contributed by atoms with Gasteiger partial charge in [-0.25, -0.2) is 9.79 Å². The highest BCUT2D eigenvalue weighted by molar-refractivity contribution is 14.2. The lowest BCUT2D eigenvalue weighted by Gasteiger charge is -2.42. The zero-order valence-electron chi connectivity index (χ0n) is 19.7. The van der Waals surface area contributed by atoms with Crippen LogP contribution < -0.4 is 5.32 Å². The Morgan fingerprint density at radius 2 is 1.75 bits per heavy atom. The fraction of sp³-hybridized carbons (Fsp3) is 0.222. The van der Waals surface area contributed by atoms with Crippen LogP contribution in [0.2, 0.25) is 0 Å². The Hall–Kier alpha value is -3.18. The largest absolute Gasteiger partial charge is 0.356 e. The Balaban J connectivity index is 1.64. The van der Waals surface area contributed by atoms with Crippen molar-refractivity contribution in [2.45, 2.75) is 30.2 Å². The van der Waals surface area contributed by atoms with Gasteiger partial charge in [-0.15, -0.1) is 0 Å². The number of carbonyl (C=O) groups is 1. The standard InChI is InChI=1S/C27H27F2IN4O2/c1-19-11-13-21(14-12-19)18-34-25(35)32-24(31-23-10-6-9-22(17-23)27(28,29)30-2)33(26(34)36)16-15-20-7-4-3-5-8-20/h3-14,17,26,36H,2,15-16,18H2,1H3,(H,31,32,35). The first-order chi connectivity index (χ1) is 17.3. The van der Waals surface area contributed by atoms with Crippen LogP contribution in [0.5, 0.6) is 0 Å². The average molecular weight is 604 g/mol. The van der Waals surface area contributed by atoms with E-state index in [1.165, 1.54) is 23.1 Å². The third kappa shape index (κ3) is 6.14. The van der Waals surface area contributed by atoms with Crippen molar-refractivity contribution in [3.05, 3.63) is 101 Å². The summed E-state index contributed by atoms with van der Waals surface area (Å²) < 4.78 is 28.9. The number of nitrogens with one attached hydrogen (secondary N) is 1. The first-order valence-electron chi connectivity index (χ1n) is 11.4. The van der Waals surface area contributed by atoms with Gasteiger partial charge in [0, 0.05) is 12.1 Å². The number of aliphatic hydroxyl groups is 1. The number of benzene rings is 3. The van der Waals surface area contributed by atoms with E-state index in [2.05, 4.69) is 14.8 Å². The molecule has 1 fully saturated rings. The van der Waals surface area contributed by atoms with Crippen LogP contribution in [0.15, 0.2) is 83.9 Å². The predicted octanol–water partition coefficient (Wildman–Crippen LogP) is 5.48. The van der Waals surface area contributed by atoms with E-state index in [1.807, 2.05) is 61.5 Å². The lowest BCUT2D eigenvalue weighted by atomic mass is 10.1. The van der Waals surface area contributed by atoms with Gasteiger partial charge >= 0.3 is 9.96 Å². The van der Waals surface area contributed by atoms with E-state index < -0.39 is 37.0 Å². The van der Waals surface area contributed by atoms with Gasteiger partial charge in [0.05, 0.1) is 12.2 Å². The smallest absolute Gasteiger partial charge is 0.327 e. The van der Waals surface area contributed by atoms with Gasteiger partial charge in [-0.2, -0.15) is 8.78 Å². The van der Waals surface area contributed by atoms with Crippen molar-refractivity contribution in [1.82, 2.24) is 15.1 Å². The molecule has 2 N–H and O–H groups in total. The van der Waals surface area contributed by atoms with Crippen LogP contribution in [-0.4, -0.2) is 44.3 Å². The molecular weight excluding hydrogens is 577 g/mol. The van der Waals surface area contributed by atoms with Crippen LogP contribution in [0.25, 0.3) is 0 Å². The summed E-state index contributed by atoms with van der Waals surface area (Å²) in [6.07, 6.45) is -0.715. The topological polar surface area (TPSA) is 68.2 Å². The van der Waals surface area contributed by atoms with Crippen molar-refractivity contribution < 1.29 is 18.7 Å². The fourth-order valence-electron chi connectivity index (χ4n) is 3.82. The van der Waals surface area contributed by atoms with E-state index >= 15 is 0 Å². The van der Waals surface area contributed by atoms with Crippen LogP contribution in [0, 0.1) is 6.92 Å². The SMILES string of the molecule is C=IC(F)(F)c1cccc(N=C2NC(=O)N(Cc3ccc(C)cc3)C(O)N2CCc2ccccc2)c1. The molecule has 0 aromatic heterocycles. The molecule has 3 aromatic rings. The summed E-state index contributed by atoms with van der Waals surface area (Å²) in [5, 5.41) is 14.0. The van der Waals surface area contributed by atoms with Crippen LogP contribution in [-0.2, 0) is 16.9 Å². The highest BCUT2D eigenvalue weighted by atomic mass is 127. The third-order valence-electron chi connectivity index (χ3n) is 5.84. The number of carbonyl (C=O) groups excluding carboxylic acids is 1. The number of guanidine groups is 1. The molecule has 0 aliphatic carbocycles. The number of aryl methyl sites for hydroxylation is 1. The van der Waals surface area contributed by atoms with Gasteiger partial charge in [0.15, 0.2) is 0 Å². The van der Waals surface area contributed by atoms with E-state index in [0.717, 1.165) is 16.7 Å². The van der Waals surface area contributed by atoms with E-state index in [0.29, 0.717) is 13.0 Å². The van der Waals surface area contributed by atoms with Crippen LogP contribution in [0.4, 0.5) is 19.3 Å². The molecule has 9 heteroatoms. The van der Waals surface area contributed by atoms with Gasteiger partial charge in [0.1, 0.15) is 0 Å². The maximum absolute atomic E-state index is 14.2. The second-order valence-corrected chi connectivity index (χ2v) is 10.6. The number of urea groups is 1. The molecule has 188 valence electrons. The van der Waals surface area contributed by atoms with Crippen LogP contribution in [0.1, 0.15) is 22.3 Å². The second kappa shape index (κ2) is 11.3. The molecule has 1 atom stereocenters. The van der Waals surface area contributed by atoms with Crippen molar-refractivity contribution in [1.29, 1.82) is 0 Å². The first-order valence-corrected chi connectivity index (χ1v) is 14.0. The molecule has 36 heavy (non-hydrogen) atoms. The zero-order valence-corrected chi connectivity index (χ0v) is 21.9. The number of alkyl halides is 3. The van der Waals surface area contributed by atoms with E-state index in [-0.39, 0.29) is 23.8 Å². The Labute approximate surface area is 219 Å².